The van der Waals surface area contributed by atoms with Crippen LogP contribution in [0.2, 0.25) is 0 Å². The zero-order chi connectivity index (χ0) is 24.0. The molecular weight excluding hydrogens is 456 g/mol. The first-order chi connectivity index (χ1) is 16.3. The highest BCUT2D eigenvalue weighted by Gasteiger charge is 2.48. The Kier molecular flexibility index (Phi) is 5.90. The average molecular weight is 487 g/mol. The highest BCUT2D eigenvalue weighted by Crippen LogP contribution is 2.57. The quantitative estimate of drug-likeness (QED) is 0.479. The van der Waals surface area contributed by atoms with E-state index in [4.69, 9.17) is 4.98 Å². The molecule has 3 aromatic rings. The number of imidazole rings is 1. The molecule has 0 spiro atoms. The molecular formula is C22H30N8O3S. The van der Waals surface area contributed by atoms with Crippen LogP contribution in [0.15, 0.2) is 18.7 Å². The van der Waals surface area contributed by atoms with Crippen molar-refractivity contribution in [2.24, 2.45) is 5.92 Å². The van der Waals surface area contributed by atoms with Crippen LogP contribution < -0.4 is 5.32 Å². The summed E-state index contributed by atoms with van der Waals surface area (Å²) in [5.74, 6) is 2.43. The number of hydrogen-bond donors (Lipinski definition) is 3. The van der Waals surface area contributed by atoms with Crippen LogP contribution in [0.3, 0.4) is 0 Å². The van der Waals surface area contributed by atoms with Gasteiger partial charge in [0.2, 0.25) is 5.91 Å². The average Bonchev–Trinajstić information content (AvgIpc) is 3.50. The number of fused-ring (bicyclic) bond motifs is 2. The largest absolute Gasteiger partial charge is 0.356 e. The summed E-state index contributed by atoms with van der Waals surface area (Å²) in [5, 5.41) is 3.08. The van der Waals surface area contributed by atoms with E-state index >= 15 is 0 Å². The van der Waals surface area contributed by atoms with E-state index in [1.807, 2.05) is 25.3 Å². The van der Waals surface area contributed by atoms with Crippen molar-refractivity contribution in [3.05, 3.63) is 24.5 Å². The second kappa shape index (κ2) is 8.75. The fourth-order valence-corrected chi connectivity index (χ4v) is 7.21. The number of rotatable bonds is 6. The Labute approximate surface area is 199 Å². The van der Waals surface area contributed by atoms with Gasteiger partial charge in [-0.15, -0.1) is 0 Å². The number of nitrogens with one attached hydrogen (secondary N) is 1. The molecule has 3 N–H and O–H groups in total. The molecule has 34 heavy (non-hydrogen) atoms. The monoisotopic (exact) mass is 486 g/mol. The zero-order valence-corrected chi connectivity index (χ0v) is 20.4. The minimum atomic E-state index is -2.60. The second-order valence-electron chi connectivity index (χ2n) is 8.95. The SMILES string of the molecule is CC[C@@H](Nc1ncnc2c1nc(-c1cnc(C)nc1)n2CC)C(=O)N1C[C@H]2CCS(O)(O)[C@H]2C1. The predicted octanol–water partition coefficient (Wildman–Crippen LogP) is 2.78. The van der Waals surface area contributed by atoms with Gasteiger partial charge in [-0.25, -0.2) is 24.9 Å². The van der Waals surface area contributed by atoms with Crippen LogP contribution in [0.5, 0.6) is 0 Å². The van der Waals surface area contributed by atoms with E-state index in [2.05, 4.69) is 25.3 Å². The molecule has 5 heterocycles. The van der Waals surface area contributed by atoms with Crippen LogP contribution in [0.4, 0.5) is 5.82 Å². The number of aryl methyl sites for hydroxylation is 2. The molecule has 0 bridgehead atoms. The molecule has 0 aromatic carbocycles. The fourth-order valence-electron chi connectivity index (χ4n) is 5.00. The smallest absolute Gasteiger partial charge is 0.245 e. The molecule has 3 atom stereocenters. The van der Waals surface area contributed by atoms with Gasteiger partial charge >= 0.3 is 0 Å². The summed E-state index contributed by atoms with van der Waals surface area (Å²) in [4.78, 5) is 37.4. The Bertz CT molecular complexity index is 1210. The first-order valence-corrected chi connectivity index (χ1v) is 13.4. The highest BCUT2D eigenvalue weighted by atomic mass is 32.3. The van der Waals surface area contributed by atoms with Gasteiger partial charge in [0.05, 0.1) is 10.8 Å². The topological polar surface area (TPSA) is 142 Å². The van der Waals surface area contributed by atoms with Crippen molar-refractivity contribution in [2.45, 2.75) is 51.4 Å². The highest BCUT2D eigenvalue weighted by molar-refractivity contribution is 8.25. The van der Waals surface area contributed by atoms with Crippen molar-refractivity contribution >= 4 is 33.5 Å². The summed E-state index contributed by atoms with van der Waals surface area (Å²) in [7, 11) is -2.60. The maximum Gasteiger partial charge on any atom is 0.245 e. The van der Waals surface area contributed by atoms with Crippen molar-refractivity contribution < 1.29 is 13.9 Å². The number of amides is 1. The number of carbonyl (C=O) groups excluding carboxylic acids is 1. The molecule has 0 radical (unpaired) electrons. The van der Waals surface area contributed by atoms with Gasteiger partial charge < -0.3 is 14.8 Å². The van der Waals surface area contributed by atoms with Gasteiger partial charge in [-0.2, -0.15) is 10.6 Å². The van der Waals surface area contributed by atoms with Crippen LogP contribution in [0.1, 0.15) is 32.5 Å². The third-order valence-corrected chi connectivity index (χ3v) is 9.21. The molecule has 5 rings (SSSR count). The molecule has 1 amide bonds. The van der Waals surface area contributed by atoms with Crippen molar-refractivity contribution in [1.29, 1.82) is 0 Å². The number of aromatic nitrogens is 6. The lowest BCUT2D eigenvalue weighted by Crippen LogP contribution is -2.42. The van der Waals surface area contributed by atoms with Crippen LogP contribution >= 0.6 is 10.6 Å². The zero-order valence-electron chi connectivity index (χ0n) is 19.5. The molecule has 2 saturated heterocycles. The van der Waals surface area contributed by atoms with E-state index in [9.17, 15) is 13.9 Å². The molecule has 0 saturated carbocycles. The number of likely N-dealkylation sites (tertiary alicyclic amines) is 1. The fraction of sp³-hybridized carbons (Fsp3) is 0.545. The first-order valence-electron chi connectivity index (χ1n) is 11.6. The minimum Gasteiger partial charge on any atom is -0.356 e. The van der Waals surface area contributed by atoms with Crippen molar-refractivity contribution in [3.63, 3.8) is 0 Å². The minimum absolute atomic E-state index is 0.0547. The lowest BCUT2D eigenvalue weighted by atomic mass is 10.1. The van der Waals surface area contributed by atoms with Gasteiger partial charge in [0.15, 0.2) is 17.0 Å². The van der Waals surface area contributed by atoms with Gasteiger partial charge in [0.1, 0.15) is 24.0 Å². The molecule has 3 aromatic heterocycles. The van der Waals surface area contributed by atoms with E-state index in [0.29, 0.717) is 60.4 Å². The van der Waals surface area contributed by atoms with Gasteiger partial charge in [-0.1, -0.05) is 6.92 Å². The Hall–Kier alpha value is -2.83. The predicted molar refractivity (Wildman–Crippen MR) is 131 cm³/mol. The molecule has 0 unspecified atom stereocenters. The van der Waals surface area contributed by atoms with E-state index in [0.717, 1.165) is 12.0 Å². The molecule has 2 aliphatic heterocycles. The lowest BCUT2D eigenvalue weighted by Gasteiger charge is -2.34. The molecule has 0 aliphatic carbocycles. The van der Waals surface area contributed by atoms with E-state index in [1.165, 1.54) is 6.33 Å². The Morgan fingerprint density at radius 3 is 2.65 bits per heavy atom. The second-order valence-corrected chi connectivity index (χ2v) is 11.4. The first kappa shape index (κ1) is 22.9. The van der Waals surface area contributed by atoms with E-state index in [1.54, 1.807) is 17.3 Å². The molecule has 12 heteroatoms. The summed E-state index contributed by atoms with van der Waals surface area (Å²) < 4.78 is 22.6. The van der Waals surface area contributed by atoms with Crippen LogP contribution in [0.25, 0.3) is 22.6 Å². The standard InChI is InChI=1S/C22H30N8O3S/c1-4-16(22(31)29-10-14-6-7-34(32,33)17(14)11-29)27-19-18-21(26-12-25-19)30(5-2)20(28-18)15-8-23-13(3)24-9-15/h8-9,12,14,16-17,32-33H,4-7,10-11H2,1-3H3,(H,25,26,27)/t14-,16-,17+/m1/s1. The number of nitrogens with zero attached hydrogens (tertiary/aromatic N) is 7. The maximum atomic E-state index is 13.4. The molecule has 2 fully saturated rings. The van der Waals surface area contributed by atoms with E-state index in [-0.39, 0.29) is 17.1 Å². The van der Waals surface area contributed by atoms with Crippen LogP contribution in [-0.4, -0.2) is 79.5 Å². The third kappa shape index (κ3) is 3.89. The van der Waals surface area contributed by atoms with Gasteiger partial charge in [0, 0.05) is 37.8 Å². The Morgan fingerprint density at radius 1 is 1.21 bits per heavy atom. The summed E-state index contributed by atoms with van der Waals surface area (Å²) >= 11 is 0. The Morgan fingerprint density at radius 2 is 1.97 bits per heavy atom. The lowest BCUT2D eigenvalue weighted by molar-refractivity contribution is -0.131. The van der Waals surface area contributed by atoms with Gasteiger partial charge in [-0.05, 0) is 32.6 Å². The van der Waals surface area contributed by atoms with Crippen molar-refractivity contribution in [2.75, 3.05) is 24.2 Å². The summed E-state index contributed by atoms with van der Waals surface area (Å²) in [5.41, 5.74) is 2.03. The van der Waals surface area contributed by atoms with Gasteiger partial charge in [-0.3, -0.25) is 13.9 Å². The third-order valence-electron chi connectivity index (χ3n) is 6.87. The Balaban J connectivity index is 1.42. The van der Waals surface area contributed by atoms with Crippen LogP contribution in [0, 0.1) is 12.8 Å². The normalized spacial score (nSPS) is 23.1. The molecule has 182 valence electrons. The van der Waals surface area contributed by atoms with Crippen molar-refractivity contribution in [3.8, 4) is 11.4 Å². The maximum absolute atomic E-state index is 13.4. The number of hydrogen-bond acceptors (Lipinski definition) is 9. The van der Waals surface area contributed by atoms with Crippen LogP contribution in [-0.2, 0) is 11.3 Å². The van der Waals surface area contributed by atoms with E-state index < -0.39 is 16.6 Å². The summed E-state index contributed by atoms with van der Waals surface area (Å²) in [6, 6.07) is -0.503. The molecule has 2 aliphatic rings. The van der Waals surface area contributed by atoms with Gasteiger partial charge in [0.25, 0.3) is 0 Å². The number of carbonyl (C=O) groups is 1. The summed E-state index contributed by atoms with van der Waals surface area (Å²) in [6.07, 6.45) is 6.26. The molecule has 11 nitrogen and oxygen atoms in total. The number of anilines is 1. The van der Waals surface area contributed by atoms with Crippen molar-refractivity contribution in [1.82, 2.24) is 34.4 Å². The summed E-state index contributed by atoms with van der Waals surface area (Å²) in [6.45, 7) is 7.40.